The number of urea groups is 1. The van der Waals surface area contributed by atoms with Crippen LogP contribution in [0.5, 0.6) is 0 Å². The monoisotopic (exact) mass is 272 g/mol. The molecule has 0 radical (unpaired) electrons. The summed E-state index contributed by atoms with van der Waals surface area (Å²) < 4.78 is 0. The molecule has 0 aromatic rings. The summed E-state index contributed by atoms with van der Waals surface area (Å²) >= 11 is 1.70. The third-order valence-corrected chi connectivity index (χ3v) is 3.78. The van der Waals surface area contributed by atoms with Crippen LogP contribution in [0.1, 0.15) is 12.8 Å². The first kappa shape index (κ1) is 14.9. The molecule has 0 bridgehead atoms. The van der Waals surface area contributed by atoms with Crippen molar-refractivity contribution in [2.75, 3.05) is 31.1 Å². The lowest BCUT2D eigenvalue weighted by Gasteiger charge is -2.30. The quantitative estimate of drug-likeness (QED) is 0.566. The van der Waals surface area contributed by atoms with Crippen LogP contribution in [0.4, 0.5) is 4.79 Å². The van der Waals surface area contributed by atoms with Gasteiger partial charge in [-0.05, 0) is 12.8 Å². The topological polar surface area (TPSA) is 69.6 Å². The molecule has 1 heterocycles. The number of aliphatic carboxylic acids is 1. The molecule has 0 saturated carbocycles. The van der Waals surface area contributed by atoms with Gasteiger partial charge in [-0.2, -0.15) is 11.8 Å². The minimum Gasteiger partial charge on any atom is -0.481 e. The van der Waals surface area contributed by atoms with Gasteiger partial charge in [0.15, 0.2) is 0 Å². The van der Waals surface area contributed by atoms with Crippen molar-refractivity contribution in [1.29, 1.82) is 0 Å². The lowest BCUT2D eigenvalue weighted by molar-refractivity contribution is -0.143. The Balaban J connectivity index is 2.24. The summed E-state index contributed by atoms with van der Waals surface area (Å²) in [6.45, 7) is 5.19. The standard InChI is InChI=1S/C12H20N2O3S/c1-2-7-18-8-5-13-12(17)14-6-3-4-10(9-14)11(15)16/h2,10H,1,3-9H2,(H,13,17)(H,15,16). The first-order chi connectivity index (χ1) is 8.65. The van der Waals surface area contributed by atoms with Gasteiger partial charge in [0.1, 0.15) is 0 Å². The third kappa shape index (κ3) is 5.00. The SMILES string of the molecule is C=CCSCCNC(=O)N1CCCC(C(=O)O)C1. The molecular weight excluding hydrogens is 252 g/mol. The molecule has 0 spiro atoms. The van der Waals surface area contributed by atoms with E-state index >= 15 is 0 Å². The minimum atomic E-state index is -0.811. The van der Waals surface area contributed by atoms with E-state index < -0.39 is 11.9 Å². The summed E-state index contributed by atoms with van der Waals surface area (Å²) in [6, 6.07) is -0.153. The molecule has 2 amide bonds. The maximum Gasteiger partial charge on any atom is 0.317 e. The Morgan fingerprint density at radius 1 is 1.56 bits per heavy atom. The van der Waals surface area contributed by atoms with Crippen LogP contribution < -0.4 is 5.32 Å². The highest BCUT2D eigenvalue weighted by Gasteiger charge is 2.27. The highest BCUT2D eigenvalue weighted by molar-refractivity contribution is 7.99. The van der Waals surface area contributed by atoms with Crippen LogP contribution >= 0.6 is 11.8 Å². The van der Waals surface area contributed by atoms with Crippen molar-refractivity contribution >= 4 is 23.8 Å². The van der Waals surface area contributed by atoms with Gasteiger partial charge in [-0.3, -0.25) is 4.79 Å². The first-order valence-electron chi connectivity index (χ1n) is 6.09. The molecule has 1 fully saturated rings. The number of nitrogens with zero attached hydrogens (tertiary/aromatic N) is 1. The fourth-order valence-corrected chi connectivity index (χ4v) is 2.45. The smallest absolute Gasteiger partial charge is 0.317 e. The lowest BCUT2D eigenvalue weighted by Crippen LogP contribution is -2.47. The Labute approximate surface area is 112 Å². The van der Waals surface area contributed by atoms with E-state index in [9.17, 15) is 9.59 Å². The van der Waals surface area contributed by atoms with E-state index in [1.54, 1.807) is 16.7 Å². The molecule has 0 aliphatic carbocycles. The zero-order valence-corrected chi connectivity index (χ0v) is 11.2. The average molecular weight is 272 g/mol. The predicted molar refractivity (Wildman–Crippen MR) is 72.9 cm³/mol. The molecule has 0 aromatic heterocycles. The number of likely N-dealkylation sites (tertiary alicyclic amines) is 1. The number of carbonyl (C=O) groups is 2. The zero-order chi connectivity index (χ0) is 13.4. The molecule has 1 aliphatic rings. The Kier molecular flexibility index (Phi) is 6.64. The number of rotatable bonds is 6. The molecular formula is C12H20N2O3S. The number of thioether (sulfide) groups is 1. The third-order valence-electron chi connectivity index (χ3n) is 2.82. The molecule has 6 heteroatoms. The number of amides is 2. The van der Waals surface area contributed by atoms with Crippen molar-refractivity contribution in [1.82, 2.24) is 10.2 Å². The van der Waals surface area contributed by atoms with Gasteiger partial charge >= 0.3 is 12.0 Å². The maximum atomic E-state index is 11.8. The highest BCUT2D eigenvalue weighted by atomic mass is 32.2. The molecule has 1 atom stereocenters. The minimum absolute atomic E-state index is 0.153. The molecule has 18 heavy (non-hydrogen) atoms. The maximum absolute atomic E-state index is 11.8. The molecule has 1 saturated heterocycles. The first-order valence-corrected chi connectivity index (χ1v) is 7.25. The summed E-state index contributed by atoms with van der Waals surface area (Å²) in [5.74, 6) is 0.489. The summed E-state index contributed by atoms with van der Waals surface area (Å²) in [4.78, 5) is 24.3. The van der Waals surface area contributed by atoms with Crippen LogP contribution in [0.15, 0.2) is 12.7 Å². The Bertz CT molecular complexity index is 310. The second kappa shape index (κ2) is 8.02. The van der Waals surface area contributed by atoms with E-state index in [0.717, 1.165) is 17.9 Å². The lowest BCUT2D eigenvalue weighted by atomic mass is 9.99. The number of hydrogen-bond acceptors (Lipinski definition) is 3. The van der Waals surface area contributed by atoms with Crippen molar-refractivity contribution in [2.45, 2.75) is 12.8 Å². The van der Waals surface area contributed by atoms with E-state index in [0.29, 0.717) is 26.1 Å². The highest BCUT2D eigenvalue weighted by Crippen LogP contribution is 2.16. The van der Waals surface area contributed by atoms with E-state index in [4.69, 9.17) is 5.11 Å². The summed E-state index contributed by atoms with van der Waals surface area (Å²) in [5, 5.41) is 11.7. The van der Waals surface area contributed by atoms with Crippen molar-refractivity contribution in [3.05, 3.63) is 12.7 Å². The molecule has 1 unspecified atom stereocenters. The second-order valence-electron chi connectivity index (χ2n) is 4.22. The second-order valence-corrected chi connectivity index (χ2v) is 5.37. The van der Waals surface area contributed by atoms with Gasteiger partial charge in [-0.15, -0.1) is 6.58 Å². The van der Waals surface area contributed by atoms with Crippen LogP contribution in [-0.4, -0.2) is 53.1 Å². The normalized spacial score (nSPS) is 19.3. The van der Waals surface area contributed by atoms with Crippen molar-refractivity contribution < 1.29 is 14.7 Å². The summed E-state index contributed by atoms with van der Waals surface area (Å²) in [7, 11) is 0. The number of piperidine rings is 1. The molecule has 2 N–H and O–H groups in total. The number of carbonyl (C=O) groups excluding carboxylic acids is 1. The predicted octanol–water partition coefficient (Wildman–Crippen LogP) is 1.41. The Morgan fingerprint density at radius 3 is 3.00 bits per heavy atom. The van der Waals surface area contributed by atoms with E-state index in [1.807, 2.05) is 6.08 Å². The average Bonchev–Trinajstić information content (AvgIpc) is 2.38. The van der Waals surface area contributed by atoms with Crippen LogP contribution in [0.2, 0.25) is 0 Å². The van der Waals surface area contributed by atoms with Crippen LogP contribution in [0.3, 0.4) is 0 Å². The van der Waals surface area contributed by atoms with Gasteiger partial charge in [0, 0.05) is 31.1 Å². The number of hydrogen-bond donors (Lipinski definition) is 2. The Hall–Kier alpha value is -1.17. The van der Waals surface area contributed by atoms with Gasteiger partial charge in [0.2, 0.25) is 0 Å². The van der Waals surface area contributed by atoms with Gasteiger partial charge in [0.25, 0.3) is 0 Å². The largest absolute Gasteiger partial charge is 0.481 e. The van der Waals surface area contributed by atoms with E-state index in [-0.39, 0.29) is 6.03 Å². The molecule has 1 rings (SSSR count). The number of carboxylic acid groups (broad SMARTS) is 1. The van der Waals surface area contributed by atoms with Gasteiger partial charge in [0.05, 0.1) is 5.92 Å². The van der Waals surface area contributed by atoms with Crippen LogP contribution in [0, 0.1) is 5.92 Å². The number of carboxylic acids is 1. The molecule has 0 aromatic carbocycles. The van der Waals surface area contributed by atoms with Crippen molar-refractivity contribution in [2.24, 2.45) is 5.92 Å². The van der Waals surface area contributed by atoms with Crippen LogP contribution in [0.25, 0.3) is 0 Å². The van der Waals surface area contributed by atoms with Gasteiger partial charge in [-0.25, -0.2) is 4.79 Å². The van der Waals surface area contributed by atoms with Gasteiger partial charge in [-0.1, -0.05) is 6.08 Å². The molecule has 5 nitrogen and oxygen atoms in total. The van der Waals surface area contributed by atoms with E-state index in [2.05, 4.69) is 11.9 Å². The molecule has 102 valence electrons. The fourth-order valence-electron chi connectivity index (χ4n) is 1.87. The number of nitrogens with one attached hydrogen (secondary N) is 1. The zero-order valence-electron chi connectivity index (χ0n) is 10.4. The molecule has 1 aliphatic heterocycles. The fraction of sp³-hybridized carbons (Fsp3) is 0.667. The van der Waals surface area contributed by atoms with Crippen molar-refractivity contribution in [3.8, 4) is 0 Å². The Morgan fingerprint density at radius 2 is 2.33 bits per heavy atom. The van der Waals surface area contributed by atoms with Crippen LogP contribution in [-0.2, 0) is 4.79 Å². The van der Waals surface area contributed by atoms with Crippen molar-refractivity contribution in [3.63, 3.8) is 0 Å². The summed E-state index contributed by atoms with van der Waals surface area (Å²) in [6.07, 6.45) is 3.25. The summed E-state index contributed by atoms with van der Waals surface area (Å²) in [5.41, 5.74) is 0. The van der Waals surface area contributed by atoms with E-state index in [1.165, 1.54) is 0 Å². The van der Waals surface area contributed by atoms with Gasteiger partial charge < -0.3 is 15.3 Å².